The average Bonchev–Trinajstić information content (AvgIpc) is 2.35. The normalized spacial score (nSPS) is 10.4. The van der Waals surface area contributed by atoms with Crippen molar-refractivity contribution in [3.8, 4) is 11.5 Å². The van der Waals surface area contributed by atoms with Crippen molar-refractivity contribution in [3.05, 3.63) is 57.8 Å². The Morgan fingerprint density at radius 3 is 2.44 bits per heavy atom. The molecule has 0 fully saturated rings. The third kappa shape index (κ3) is 2.79. The molecule has 18 heavy (non-hydrogen) atoms. The van der Waals surface area contributed by atoms with Crippen LogP contribution in [0.15, 0.2) is 36.4 Å². The molecule has 0 unspecified atom stereocenters. The van der Waals surface area contributed by atoms with Crippen LogP contribution >= 0.6 is 39.1 Å². The summed E-state index contributed by atoms with van der Waals surface area (Å²) in [7, 11) is 0. The second-order valence-corrected chi connectivity index (χ2v) is 4.85. The molecule has 94 valence electrons. The standard InChI is InChI=1S/C13H8BrCl2FO/c14-7-8-10(17)4-2-5-11(8)18-12-6-1-3-9(15)13(12)16/h1-6H,7H2. The van der Waals surface area contributed by atoms with Crippen molar-refractivity contribution in [2.45, 2.75) is 5.33 Å². The molecule has 5 heteroatoms. The maximum absolute atomic E-state index is 13.6. The summed E-state index contributed by atoms with van der Waals surface area (Å²) in [5.74, 6) is 0.482. The summed E-state index contributed by atoms with van der Waals surface area (Å²) in [4.78, 5) is 0. The number of rotatable bonds is 3. The van der Waals surface area contributed by atoms with Crippen molar-refractivity contribution in [2.24, 2.45) is 0 Å². The van der Waals surface area contributed by atoms with Crippen molar-refractivity contribution in [1.82, 2.24) is 0 Å². The van der Waals surface area contributed by atoms with Gasteiger partial charge >= 0.3 is 0 Å². The molecule has 0 N–H and O–H groups in total. The number of benzene rings is 2. The Bertz CT molecular complexity index is 575. The third-order valence-electron chi connectivity index (χ3n) is 2.35. The van der Waals surface area contributed by atoms with E-state index in [0.717, 1.165) is 0 Å². The minimum Gasteiger partial charge on any atom is -0.455 e. The highest BCUT2D eigenvalue weighted by molar-refractivity contribution is 9.08. The molecule has 2 rings (SSSR count). The van der Waals surface area contributed by atoms with E-state index in [2.05, 4.69) is 15.9 Å². The van der Waals surface area contributed by atoms with Crippen LogP contribution in [0.3, 0.4) is 0 Å². The largest absolute Gasteiger partial charge is 0.455 e. The van der Waals surface area contributed by atoms with Gasteiger partial charge in [-0.15, -0.1) is 0 Å². The first kappa shape index (κ1) is 13.7. The van der Waals surface area contributed by atoms with Crippen molar-refractivity contribution < 1.29 is 9.13 Å². The van der Waals surface area contributed by atoms with Gasteiger partial charge in [0.2, 0.25) is 0 Å². The minimum atomic E-state index is -0.331. The highest BCUT2D eigenvalue weighted by Gasteiger charge is 2.12. The van der Waals surface area contributed by atoms with Crippen molar-refractivity contribution >= 4 is 39.1 Å². The van der Waals surface area contributed by atoms with Gasteiger partial charge in [0.25, 0.3) is 0 Å². The Morgan fingerprint density at radius 1 is 1.06 bits per heavy atom. The maximum atomic E-state index is 13.6. The third-order valence-corrected chi connectivity index (χ3v) is 3.71. The molecule has 0 radical (unpaired) electrons. The van der Waals surface area contributed by atoms with Crippen LogP contribution in [-0.4, -0.2) is 0 Å². The van der Waals surface area contributed by atoms with Gasteiger partial charge in [0.1, 0.15) is 22.3 Å². The topological polar surface area (TPSA) is 9.23 Å². The van der Waals surface area contributed by atoms with Crippen molar-refractivity contribution in [2.75, 3.05) is 0 Å². The van der Waals surface area contributed by atoms with E-state index >= 15 is 0 Å². The van der Waals surface area contributed by atoms with E-state index in [1.165, 1.54) is 6.07 Å². The number of hydrogen-bond acceptors (Lipinski definition) is 1. The highest BCUT2D eigenvalue weighted by atomic mass is 79.9. The zero-order valence-corrected chi connectivity index (χ0v) is 12.2. The van der Waals surface area contributed by atoms with Crippen LogP contribution in [0.1, 0.15) is 5.56 Å². The Labute approximate surface area is 123 Å². The number of alkyl halides is 1. The molecule has 0 saturated heterocycles. The van der Waals surface area contributed by atoms with E-state index in [-0.39, 0.29) is 5.82 Å². The predicted octanol–water partition coefficient (Wildman–Crippen LogP) is 5.82. The second kappa shape index (κ2) is 5.91. The molecule has 0 aromatic heterocycles. The van der Waals surface area contributed by atoms with Crippen molar-refractivity contribution in [3.63, 3.8) is 0 Å². The zero-order valence-electron chi connectivity index (χ0n) is 9.09. The predicted molar refractivity (Wildman–Crippen MR) is 75.6 cm³/mol. The van der Waals surface area contributed by atoms with Gasteiger partial charge in [0, 0.05) is 10.9 Å². The van der Waals surface area contributed by atoms with E-state index < -0.39 is 0 Å². The first-order valence-corrected chi connectivity index (χ1v) is 6.96. The fraction of sp³-hybridized carbons (Fsp3) is 0.0769. The van der Waals surface area contributed by atoms with Gasteiger partial charge in [-0.25, -0.2) is 4.39 Å². The SMILES string of the molecule is Fc1cccc(Oc2cccc(Cl)c2Cl)c1CBr. The van der Waals surface area contributed by atoms with Crippen LogP contribution in [0.4, 0.5) is 4.39 Å². The minimum absolute atomic E-state index is 0.309. The van der Waals surface area contributed by atoms with E-state index in [9.17, 15) is 4.39 Å². The summed E-state index contributed by atoms with van der Waals surface area (Å²) in [6.45, 7) is 0. The lowest BCUT2D eigenvalue weighted by atomic mass is 10.2. The van der Waals surface area contributed by atoms with E-state index in [1.807, 2.05) is 0 Å². The average molecular weight is 350 g/mol. The monoisotopic (exact) mass is 348 g/mol. The first-order chi connectivity index (χ1) is 8.63. The Kier molecular flexibility index (Phi) is 4.49. The van der Waals surface area contributed by atoms with Gasteiger partial charge in [0.05, 0.1) is 5.02 Å². The fourth-order valence-corrected chi connectivity index (χ4v) is 2.32. The lowest BCUT2D eigenvalue weighted by Gasteiger charge is -2.11. The molecular weight excluding hydrogens is 342 g/mol. The summed E-state index contributed by atoms with van der Waals surface area (Å²) in [6, 6.07) is 9.69. The molecule has 0 heterocycles. The van der Waals surface area contributed by atoms with Gasteiger partial charge in [-0.2, -0.15) is 0 Å². The van der Waals surface area contributed by atoms with Gasteiger partial charge < -0.3 is 4.74 Å². The summed E-state index contributed by atoms with van der Waals surface area (Å²) in [5, 5.41) is 1.06. The van der Waals surface area contributed by atoms with E-state index in [0.29, 0.717) is 32.4 Å². The highest BCUT2D eigenvalue weighted by Crippen LogP contribution is 2.36. The van der Waals surface area contributed by atoms with E-state index in [4.69, 9.17) is 27.9 Å². The van der Waals surface area contributed by atoms with Gasteiger partial charge in [0.15, 0.2) is 0 Å². The molecule has 0 aliphatic carbocycles. The Morgan fingerprint density at radius 2 is 1.72 bits per heavy atom. The molecule has 2 aromatic rings. The quantitative estimate of drug-likeness (QED) is 0.634. The molecule has 0 bridgehead atoms. The molecule has 0 amide bonds. The van der Waals surface area contributed by atoms with Crippen LogP contribution in [0.25, 0.3) is 0 Å². The molecule has 0 saturated carbocycles. The molecule has 0 aliphatic rings. The molecule has 2 aromatic carbocycles. The number of ether oxygens (including phenoxy) is 1. The van der Waals surface area contributed by atoms with Crippen LogP contribution in [-0.2, 0) is 5.33 Å². The van der Waals surface area contributed by atoms with Crippen molar-refractivity contribution in [1.29, 1.82) is 0 Å². The molecule has 0 aliphatic heterocycles. The fourth-order valence-electron chi connectivity index (χ4n) is 1.45. The second-order valence-electron chi connectivity index (χ2n) is 3.50. The van der Waals surface area contributed by atoms with Gasteiger partial charge in [-0.1, -0.05) is 51.3 Å². The smallest absolute Gasteiger partial charge is 0.147 e. The van der Waals surface area contributed by atoms with Crippen LogP contribution in [0.5, 0.6) is 11.5 Å². The number of halogens is 4. The maximum Gasteiger partial charge on any atom is 0.147 e. The summed E-state index contributed by atoms with van der Waals surface area (Å²) in [6.07, 6.45) is 0. The first-order valence-electron chi connectivity index (χ1n) is 5.08. The molecule has 1 nitrogen and oxygen atoms in total. The molecule has 0 atom stereocenters. The van der Waals surface area contributed by atoms with Crippen LogP contribution in [0, 0.1) is 5.82 Å². The summed E-state index contributed by atoms with van der Waals surface area (Å²) >= 11 is 15.1. The summed E-state index contributed by atoms with van der Waals surface area (Å²) in [5.41, 5.74) is 0.438. The van der Waals surface area contributed by atoms with Gasteiger partial charge in [-0.05, 0) is 24.3 Å². The lowest BCUT2D eigenvalue weighted by molar-refractivity contribution is 0.471. The van der Waals surface area contributed by atoms with Gasteiger partial charge in [-0.3, -0.25) is 0 Å². The summed E-state index contributed by atoms with van der Waals surface area (Å²) < 4.78 is 19.2. The number of hydrogen-bond donors (Lipinski definition) is 0. The van der Waals surface area contributed by atoms with E-state index in [1.54, 1.807) is 30.3 Å². The Hall–Kier alpha value is -0.770. The molecular formula is C13H8BrCl2FO. The Balaban J connectivity index is 2.40. The van der Waals surface area contributed by atoms with Crippen LogP contribution in [0.2, 0.25) is 10.0 Å². The molecule has 0 spiro atoms. The lowest BCUT2D eigenvalue weighted by Crippen LogP contribution is -1.93. The zero-order chi connectivity index (χ0) is 13.1. The van der Waals surface area contributed by atoms with Crippen LogP contribution < -0.4 is 4.74 Å².